The van der Waals surface area contributed by atoms with Crippen LogP contribution in [0.15, 0.2) is 0 Å². The van der Waals surface area contributed by atoms with Crippen molar-refractivity contribution in [3.63, 3.8) is 0 Å². The molecule has 0 saturated heterocycles. The molecule has 0 bridgehead atoms. The third-order valence-electron chi connectivity index (χ3n) is 0.842. The van der Waals surface area contributed by atoms with Crippen LogP contribution >= 0.6 is 34.4 Å². The van der Waals surface area contributed by atoms with Crippen LogP contribution in [0.25, 0.3) is 0 Å². The summed E-state index contributed by atoms with van der Waals surface area (Å²) in [5, 5.41) is 0.721. The van der Waals surface area contributed by atoms with Crippen LogP contribution in [-0.2, 0) is 0 Å². The molecule has 0 amide bonds. The summed E-state index contributed by atoms with van der Waals surface area (Å²) in [7, 11) is 0. The van der Waals surface area contributed by atoms with E-state index in [1.165, 1.54) is 0 Å². The minimum absolute atomic E-state index is 0.387. The maximum atomic E-state index is 5.69. The standard InChI is InChI=1S/C6H14INS/c1-5(2)9-4-6(8)3-7/h5-6H,3-4,8H2,1-2H3/t6-/m1/s1. The summed E-state index contributed by atoms with van der Waals surface area (Å²) < 4.78 is 1.07. The summed E-state index contributed by atoms with van der Waals surface area (Å²) in [6, 6.07) is 0.387. The summed E-state index contributed by atoms with van der Waals surface area (Å²) in [6.45, 7) is 4.40. The van der Waals surface area contributed by atoms with E-state index >= 15 is 0 Å². The molecule has 56 valence electrons. The second kappa shape index (κ2) is 5.80. The quantitative estimate of drug-likeness (QED) is 0.616. The molecule has 0 spiro atoms. The molecule has 0 aliphatic carbocycles. The Morgan fingerprint density at radius 3 is 2.44 bits per heavy atom. The Labute approximate surface area is 75.3 Å². The lowest BCUT2D eigenvalue weighted by atomic mass is 10.4. The minimum atomic E-state index is 0.387. The molecule has 0 heterocycles. The van der Waals surface area contributed by atoms with Gasteiger partial charge in [-0.05, 0) is 5.25 Å². The Kier molecular flexibility index (Phi) is 6.47. The van der Waals surface area contributed by atoms with Crippen molar-refractivity contribution in [1.82, 2.24) is 0 Å². The molecule has 1 nitrogen and oxygen atoms in total. The fourth-order valence-corrected chi connectivity index (χ4v) is 1.84. The van der Waals surface area contributed by atoms with Gasteiger partial charge in [-0.15, -0.1) is 0 Å². The highest BCUT2D eigenvalue weighted by Gasteiger charge is 2.00. The van der Waals surface area contributed by atoms with Crippen LogP contribution in [0.2, 0.25) is 0 Å². The molecular formula is C6H14INS. The van der Waals surface area contributed by atoms with Crippen molar-refractivity contribution in [3.8, 4) is 0 Å². The molecule has 0 aromatic heterocycles. The SMILES string of the molecule is CC(C)SC[C@H](N)CI. The van der Waals surface area contributed by atoms with Crippen LogP contribution in [-0.4, -0.2) is 21.5 Å². The van der Waals surface area contributed by atoms with Crippen LogP contribution in [0, 0.1) is 0 Å². The number of thioether (sulfide) groups is 1. The minimum Gasteiger partial charge on any atom is -0.326 e. The molecule has 0 fully saturated rings. The monoisotopic (exact) mass is 259 g/mol. The van der Waals surface area contributed by atoms with Crippen LogP contribution < -0.4 is 5.73 Å². The molecule has 0 unspecified atom stereocenters. The smallest absolute Gasteiger partial charge is 0.0221 e. The molecule has 0 aliphatic heterocycles. The maximum absolute atomic E-state index is 5.69. The lowest BCUT2D eigenvalue weighted by Crippen LogP contribution is -2.24. The third kappa shape index (κ3) is 6.93. The van der Waals surface area contributed by atoms with Crippen LogP contribution in [0.5, 0.6) is 0 Å². The number of halogens is 1. The van der Waals surface area contributed by atoms with E-state index in [2.05, 4.69) is 36.4 Å². The predicted molar refractivity (Wildman–Crippen MR) is 54.5 cm³/mol. The van der Waals surface area contributed by atoms with Gasteiger partial charge in [-0.3, -0.25) is 0 Å². The normalized spacial score (nSPS) is 14.3. The zero-order chi connectivity index (χ0) is 7.28. The molecular weight excluding hydrogens is 245 g/mol. The summed E-state index contributed by atoms with van der Waals surface area (Å²) in [4.78, 5) is 0. The molecule has 0 aliphatic rings. The first-order chi connectivity index (χ1) is 4.16. The van der Waals surface area contributed by atoms with Crippen molar-refractivity contribution in [2.45, 2.75) is 25.1 Å². The van der Waals surface area contributed by atoms with Gasteiger partial charge in [0.1, 0.15) is 0 Å². The molecule has 3 heteroatoms. The van der Waals surface area contributed by atoms with E-state index in [0.29, 0.717) is 6.04 Å². The Hall–Kier alpha value is 1.04. The van der Waals surface area contributed by atoms with E-state index < -0.39 is 0 Å². The summed E-state index contributed by atoms with van der Waals surface area (Å²) in [6.07, 6.45) is 0. The summed E-state index contributed by atoms with van der Waals surface area (Å²) in [5.74, 6) is 1.10. The van der Waals surface area contributed by atoms with Gasteiger partial charge < -0.3 is 5.73 Å². The Bertz CT molecular complexity index is 68.1. The molecule has 1 atom stereocenters. The zero-order valence-electron chi connectivity index (χ0n) is 5.93. The highest BCUT2D eigenvalue weighted by molar-refractivity contribution is 14.1. The number of alkyl halides is 1. The average molecular weight is 259 g/mol. The van der Waals surface area contributed by atoms with Gasteiger partial charge in [0.2, 0.25) is 0 Å². The van der Waals surface area contributed by atoms with Crippen molar-refractivity contribution in [2.24, 2.45) is 5.73 Å². The largest absolute Gasteiger partial charge is 0.326 e. The van der Waals surface area contributed by atoms with Gasteiger partial charge in [-0.2, -0.15) is 11.8 Å². The van der Waals surface area contributed by atoms with Gasteiger partial charge in [0.05, 0.1) is 0 Å². The Morgan fingerprint density at radius 1 is 1.56 bits per heavy atom. The van der Waals surface area contributed by atoms with Crippen molar-refractivity contribution >= 4 is 34.4 Å². The first kappa shape index (κ1) is 10.0. The van der Waals surface area contributed by atoms with Crippen molar-refractivity contribution in [3.05, 3.63) is 0 Å². The van der Waals surface area contributed by atoms with E-state index in [-0.39, 0.29) is 0 Å². The summed E-state index contributed by atoms with van der Waals surface area (Å²) >= 11 is 4.26. The molecule has 0 aromatic rings. The molecule has 9 heavy (non-hydrogen) atoms. The van der Waals surface area contributed by atoms with Gasteiger partial charge in [0.15, 0.2) is 0 Å². The zero-order valence-corrected chi connectivity index (χ0v) is 8.91. The van der Waals surface area contributed by atoms with Crippen LogP contribution in [0.1, 0.15) is 13.8 Å². The lowest BCUT2D eigenvalue weighted by Gasteiger charge is -2.08. The molecule has 0 rings (SSSR count). The fraction of sp³-hybridized carbons (Fsp3) is 1.00. The highest BCUT2D eigenvalue weighted by Crippen LogP contribution is 2.10. The van der Waals surface area contributed by atoms with Gasteiger partial charge in [-0.1, -0.05) is 36.4 Å². The first-order valence-electron chi connectivity index (χ1n) is 3.10. The van der Waals surface area contributed by atoms with Gasteiger partial charge in [0.25, 0.3) is 0 Å². The fourth-order valence-electron chi connectivity index (χ4n) is 0.361. The average Bonchev–Trinajstić information content (AvgIpc) is 1.83. The topological polar surface area (TPSA) is 26.0 Å². The van der Waals surface area contributed by atoms with Gasteiger partial charge in [0, 0.05) is 16.2 Å². The third-order valence-corrected chi connectivity index (χ3v) is 3.26. The number of hydrogen-bond donors (Lipinski definition) is 1. The number of rotatable bonds is 4. The first-order valence-corrected chi connectivity index (χ1v) is 5.67. The molecule has 0 radical (unpaired) electrons. The van der Waals surface area contributed by atoms with E-state index in [4.69, 9.17) is 5.73 Å². The highest BCUT2D eigenvalue weighted by atomic mass is 127. The Morgan fingerprint density at radius 2 is 2.11 bits per heavy atom. The lowest BCUT2D eigenvalue weighted by molar-refractivity contribution is 0.870. The van der Waals surface area contributed by atoms with E-state index in [0.717, 1.165) is 15.4 Å². The predicted octanol–water partition coefficient (Wildman–Crippen LogP) is 1.89. The van der Waals surface area contributed by atoms with E-state index in [9.17, 15) is 0 Å². The second-order valence-electron chi connectivity index (χ2n) is 2.30. The Balaban J connectivity index is 3.06. The van der Waals surface area contributed by atoms with Gasteiger partial charge in [-0.25, -0.2) is 0 Å². The van der Waals surface area contributed by atoms with Crippen LogP contribution in [0.3, 0.4) is 0 Å². The van der Waals surface area contributed by atoms with E-state index in [1.54, 1.807) is 0 Å². The van der Waals surface area contributed by atoms with Crippen molar-refractivity contribution < 1.29 is 0 Å². The maximum Gasteiger partial charge on any atom is 0.0221 e. The van der Waals surface area contributed by atoms with E-state index in [1.807, 2.05) is 11.8 Å². The van der Waals surface area contributed by atoms with Crippen LogP contribution in [0.4, 0.5) is 0 Å². The summed E-state index contributed by atoms with van der Waals surface area (Å²) in [5.41, 5.74) is 5.69. The molecule has 0 saturated carbocycles. The molecule has 2 N–H and O–H groups in total. The number of nitrogens with two attached hydrogens (primary N) is 1. The molecule has 0 aromatic carbocycles. The van der Waals surface area contributed by atoms with Crippen molar-refractivity contribution in [1.29, 1.82) is 0 Å². The van der Waals surface area contributed by atoms with Crippen molar-refractivity contribution in [2.75, 3.05) is 10.2 Å². The van der Waals surface area contributed by atoms with Gasteiger partial charge >= 0.3 is 0 Å². The second-order valence-corrected chi connectivity index (χ2v) is 4.79. The number of hydrogen-bond acceptors (Lipinski definition) is 2.